The van der Waals surface area contributed by atoms with Crippen molar-refractivity contribution in [1.29, 1.82) is 0 Å². The van der Waals surface area contributed by atoms with Crippen LogP contribution in [0.15, 0.2) is 36.4 Å². The minimum atomic E-state index is -0.712. The van der Waals surface area contributed by atoms with Crippen molar-refractivity contribution in [2.45, 2.75) is 34.6 Å². The summed E-state index contributed by atoms with van der Waals surface area (Å²) in [4.78, 5) is 51.3. The van der Waals surface area contributed by atoms with Crippen molar-refractivity contribution in [3.63, 3.8) is 0 Å². The number of ether oxygens (including phenoxy) is 1. The second kappa shape index (κ2) is 7.28. The first-order valence-corrected chi connectivity index (χ1v) is 9.32. The van der Waals surface area contributed by atoms with E-state index in [1.807, 2.05) is 32.0 Å². The highest BCUT2D eigenvalue weighted by Gasteiger charge is 2.38. The lowest BCUT2D eigenvalue weighted by Crippen LogP contribution is -2.30. The van der Waals surface area contributed by atoms with Crippen molar-refractivity contribution >= 4 is 29.3 Å². The van der Waals surface area contributed by atoms with Crippen LogP contribution in [0.4, 0.5) is 5.69 Å². The van der Waals surface area contributed by atoms with Crippen molar-refractivity contribution in [2.24, 2.45) is 5.41 Å². The summed E-state index contributed by atoms with van der Waals surface area (Å²) in [6.45, 7) is 8.55. The number of rotatable bonds is 4. The van der Waals surface area contributed by atoms with Gasteiger partial charge >= 0.3 is 5.97 Å². The van der Waals surface area contributed by atoms with Gasteiger partial charge in [0.2, 0.25) is 0 Å². The number of Topliss-reactive ketones (excluding diaryl/α,β-unsaturated/α-hetero) is 1. The van der Waals surface area contributed by atoms with Gasteiger partial charge in [-0.1, -0.05) is 39.0 Å². The topological polar surface area (TPSA) is 80.8 Å². The quantitative estimate of drug-likeness (QED) is 0.582. The third-order valence-corrected chi connectivity index (χ3v) is 4.96. The van der Waals surface area contributed by atoms with Gasteiger partial charge in [-0.2, -0.15) is 0 Å². The van der Waals surface area contributed by atoms with E-state index in [-0.39, 0.29) is 29.1 Å². The number of esters is 1. The number of benzene rings is 2. The Kier molecular flexibility index (Phi) is 5.13. The van der Waals surface area contributed by atoms with Gasteiger partial charge in [-0.3, -0.25) is 14.4 Å². The zero-order chi connectivity index (χ0) is 21.5. The molecular weight excluding hydrogens is 370 g/mol. The predicted octanol–water partition coefficient (Wildman–Crippen LogP) is 3.88. The molecule has 29 heavy (non-hydrogen) atoms. The second-order valence-corrected chi connectivity index (χ2v) is 8.20. The van der Waals surface area contributed by atoms with Gasteiger partial charge in [-0.15, -0.1) is 0 Å². The Hall–Kier alpha value is -3.28. The molecule has 150 valence electrons. The lowest BCUT2D eigenvalue weighted by molar-refractivity contribution is -0.129. The van der Waals surface area contributed by atoms with Crippen LogP contribution in [0.3, 0.4) is 0 Å². The Morgan fingerprint density at radius 2 is 1.52 bits per heavy atom. The van der Waals surface area contributed by atoms with Crippen LogP contribution < -0.4 is 4.90 Å². The van der Waals surface area contributed by atoms with Crippen LogP contribution in [-0.2, 0) is 9.53 Å². The number of aryl methyl sites for hydroxylation is 2. The number of nitrogens with zero attached hydrogens (tertiary/aromatic N) is 1. The Labute approximate surface area is 169 Å². The lowest BCUT2D eigenvalue weighted by atomic mass is 9.91. The molecule has 0 spiro atoms. The number of amides is 2. The van der Waals surface area contributed by atoms with Crippen LogP contribution in [0.2, 0.25) is 0 Å². The summed E-state index contributed by atoms with van der Waals surface area (Å²) in [5, 5.41) is 0. The second-order valence-electron chi connectivity index (χ2n) is 8.20. The molecule has 0 saturated carbocycles. The number of imide groups is 1. The monoisotopic (exact) mass is 393 g/mol. The molecule has 0 bridgehead atoms. The van der Waals surface area contributed by atoms with Gasteiger partial charge in [0.25, 0.3) is 11.8 Å². The number of anilines is 1. The highest BCUT2D eigenvalue weighted by Crippen LogP contribution is 2.33. The van der Waals surface area contributed by atoms with E-state index in [2.05, 4.69) is 0 Å². The van der Waals surface area contributed by atoms with E-state index in [9.17, 15) is 19.2 Å². The Morgan fingerprint density at radius 3 is 2.10 bits per heavy atom. The van der Waals surface area contributed by atoms with Gasteiger partial charge < -0.3 is 4.74 Å². The molecule has 6 heteroatoms. The number of ketones is 1. The summed E-state index contributed by atoms with van der Waals surface area (Å²) in [6.07, 6.45) is 0. The molecule has 1 aliphatic rings. The number of hydrogen-bond acceptors (Lipinski definition) is 5. The number of hydrogen-bond donors (Lipinski definition) is 0. The largest absolute Gasteiger partial charge is 0.454 e. The summed E-state index contributed by atoms with van der Waals surface area (Å²) in [5.41, 5.74) is 2.05. The summed E-state index contributed by atoms with van der Waals surface area (Å²) in [6, 6.07) is 9.77. The molecule has 3 rings (SSSR count). The highest BCUT2D eigenvalue weighted by molar-refractivity contribution is 6.35. The first-order chi connectivity index (χ1) is 13.5. The Bertz CT molecular complexity index is 1030. The number of carbonyl (C=O) groups is 4. The maximum absolute atomic E-state index is 13.0. The average Bonchev–Trinajstić information content (AvgIpc) is 2.89. The molecule has 2 aromatic carbocycles. The van der Waals surface area contributed by atoms with Crippen LogP contribution in [-0.4, -0.2) is 30.2 Å². The molecule has 0 atom stereocenters. The van der Waals surface area contributed by atoms with E-state index >= 15 is 0 Å². The SMILES string of the molecule is Cc1cccc(C)c1N1C(=O)c2ccc(C(=O)OCC(=O)C(C)(C)C)cc2C1=O. The third-order valence-electron chi connectivity index (χ3n) is 4.96. The standard InChI is InChI=1S/C23H23NO5/c1-13-7-6-8-14(2)19(13)24-20(26)16-10-9-15(11-17(16)21(24)27)22(28)29-12-18(25)23(3,4)5/h6-11H,12H2,1-5H3. The van der Waals surface area contributed by atoms with Crippen LogP contribution in [0.25, 0.3) is 0 Å². The molecule has 2 aromatic rings. The molecule has 2 amide bonds. The Balaban J connectivity index is 1.88. The molecule has 0 fully saturated rings. The molecule has 1 heterocycles. The summed E-state index contributed by atoms with van der Waals surface area (Å²) in [7, 11) is 0. The van der Waals surface area contributed by atoms with Gasteiger partial charge in [0.1, 0.15) is 0 Å². The minimum absolute atomic E-state index is 0.120. The zero-order valence-corrected chi connectivity index (χ0v) is 17.2. The summed E-state index contributed by atoms with van der Waals surface area (Å²) in [5.74, 6) is -1.83. The Morgan fingerprint density at radius 1 is 0.931 bits per heavy atom. The molecular formula is C23H23NO5. The van der Waals surface area contributed by atoms with Gasteiger partial charge in [0.15, 0.2) is 12.4 Å². The van der Waals surface area contributed by atoms with Gasteiger partial charge in [0, 0.05) is 5.41 Å². The molecule has 0 N–H and O–H groups in total. The van der Waals surface area contributed by atoms with Gasteiger partial charge in [0.05, 0.1) is 22.4 Å². The van der Waals surface area contributed by atoms with Crippen molar-refractivity contribution in [1.82, 2.24) is 0 Å². The van der Waals surface area contributed by atoms with Crippen LogP contribution in [0.5, 0.6) is 0 Å². The molecule has 0 saturated heterocycles. The predicted molar refractivity (Wildman–Crippen MR) is 108 cm³/mol. The number of para-hydroxylation sites is 1. The number of carbonyl (C=O) groups excluding carboxylic acids is 4. The third kappa shape index (κ3) is 3.70. The molecule has 0 aliphatic carbocycles. The van der Waals surface area contributed by atoms with Crippen molar-refractivity contribution in [3.05, 3.63) is 64.2 Å². The van der Waals surface area contributed by atoms with Crippen molar-refractivity contribution in [3.8, 4) is 0 Å². The van der Waals surface area contributed by atoms with Gasteiger partial charge in [-0.05, 0) is 43.2 Å². The summed E-state index contributed by atoms with van der Waals surface area (Å²) >= 11 is 0. The van der Waals surface area contributed by atoms with E-state index in [4.69, 9.17) is 4.74 Å². The fourth-order valence-corrected chi connectivity index (χ4v) is 3.16. The van der Waals surface area contributed by atoms with E-state index < -0.39 is 23.2 Å². The normalized spacial score (nSPS) is 13.5. The molecule has 1 aliphatic heterocycles. The van der Waals surface area contributed by atoms with E-state index in [0.717, 1.165) is 16.0 Å². The summed E-state index contributed by atoms with van der Waals surface area (Å²) < 4.78 is 5.09. The van der Waals surface area contributed by atoms with Crippen molar-refractivity contribution < 1.29 is 23.9 Å². The van der Waals surface area contributed by atoms with Crippen LogP contribution in [0, 0.1) is 19.3 Å². The van der Waals surface area contributed by atoms with Crippen molar-refractivity contribution in [2.75, 3.05) is 11.5 Å². The average molecular weight is 393 g/mol. The van der Waals surface area contributed by atoms with E-state index in [1.54, 1.807) is 20.8 Å². The van der Waals surface area contributed by atoms with E-state index in [0.29, 0.717) is 5.69 Å². The zero-order valence-electron chi connectivity index (χ0n) is 17.2. The fraction of sp³-hybridized carbons (Fsp3) is 0.304. The first-order valence-electron chi connectivity index (χ1n) is 9.32. The fourth-order valence-electron chi connectivity index (χ4n) is 3.16. The highest BCUT2D eigenvalue weighted by atomic mass is 16.5. The maximum atomic E-state index is 13.0. The van der Waals surface area contributed by atoms with Crippen LogP contribution >= 0.6 is 0 Å². The molecule has 0 unspecified atom stereocenters. The maximum Gasteiger partial charge on any atom is 0.338 e. The first kappa shape index (κ1) is 20.5. The minimum Gasteiger partial charge on any atom is -0.454 e. The smallest absolute Gasteiger partial charge is 0.338 e. The molecule has 0 radical (unpaired) electrons. The van der Waals surface area contributed by atoms with E-state index in [1.165, 1.54) is 18.2 Å². The van der Waals surface area contributed by atoms with Crippen LogP contribution in [0.1, 0.15) is 63.0 Å². The van der Waals surface area contributed by atoms with Gasteiger partial charge in [-0.25, -0.2) is 9.69 Å². The molecule has 0 aromatic heterocycles. The molecule has 6 nitrogen and oxygen atoms in total. The number of fused-ring (bicyclic) bond motifs is 1. The lowest BCUT2D eigenvalue weighted by Gasteiger charge is -2.19.